The fraction of sp³-hybridized carbons (Fsp3) is 0.108. The zero-order chi connectivity index (χ0) is 34.7. The lowest BCUT2D eigenvalue weighted by atomic mass is 10.0. The second-order valence-electron chi connectivity index (χ2n) is 9.70. The number of rotatable bonds is 10. The second kappa shape index (κ2) is 19.1. The lowest BCUT2D eigenvalue weighted by Crippen LogP contribution is -2.04. The summed E-state index contributed by atoms with van der Waals surface area (Å²) in [7, 11) is 4.52. The van der Waals surface area contributed by atoms with E-state index in [1.54, 1.807) is 44.7 Å². The Morgan fingerprint density at radius 3 is 1.88 bits per heavy atom. The summed E-state index contributed by atoms with van der Waals surface area (Å²) in [6.07, 6.45) is 3.98. The van der Waals surface area contributed by atoms with Gasteiger partial charge in [-0.25, -0.2) is 4.79 Å². The third kappa shape index (κ3) is 11.8. The molecule has 1 heterocycles. The molecule has 2 N–H and O–H groups in total. The van der Waals surface area contributed by atoms with Crippen molar-refractivity contribution in [3.05, 3.63) is 148 Å². The monoisotopic (exact) mass is 649 g/mol. The Hall–Kier alpha value is -6.49. The van der Waals surface area contributed by atoms with Gasteiger partial charge >= 0.3 is 11.9 Å². The van der Waals surface area contributed by atoms with Gasteiger partial charge in [0.1, 0.15) is 23.7 Å². The van der Waals surface area contributed by atoms with Gasteiger partial charge in [0.15, 0.2) is 0 Å². The Morgan fingerprint density at radius 1 is 0.792 bits per heavy atom. The van der Waals surface area contributed by atoms with E-state index in [1.165, 1.54) is 13.2 Å². The molecule has 0 aliphatic rings. The topological polar surface area (TPSA) is 153 Å². The molecule has 48 heavy (non-hydrogen) atoms. The molecule has 11 nitrogen and oxygen atoms in total. The summed E-state index contributed by atoms with van der Waals surface area (Å²) in [6, 6.07) is 35.4. The number of carbonyl (C=O) groups excluding carboxylic acids is 1. The molecule has 5 rings (SSSR count). The molecule has 0 aliphatic carbocycles. The highest BCUT2D eigenvalue weighted by molar-refractivity contribution is 5.96. The zero-order valence-corrected chi connectivity index (χ0v) is 26.6. The Balaban J connectivity index is 0.000000208. The summed E-state index contributed by atoms with van der Waals surface area (Å²) in [5.41, 5.74) is 5.16. The molecule has 4 aromatic carbocycles. The van der Waals surface area contributed by atoms with E-state index in [0.717, 1.165) is 45.6 Å². The van der Waals surface area contributed by atoms with Crippen LogP contribution < -0.4 is 9.47 Å². The average Bonchev–Trinajstić information content (AvgIpc) is 3.59. The number of aromatic amines is 1. The maximum absolute atomic E-state index is 11.5. The second-order valence-corrected chi connectivity index (χ2v) is 9.70. The summed E-state index contributed by atoms with van der Waals surface area (Å²) < 4.78 is 14.5. The molecular formula is C37H35N3O8. The van der Waals surface area contributed by atoms with Crippen LogP contribution in [0.1, 0.15) is 21.6 Å². The molecular weight excluding hydrogens is 614 g/mol. The minimum Gasteiger partial charge on any atom is -0.497 e. The van der Waals surface area contributed by atoms with Gasteiger partial charge in [0.2, 0.25) is 6.20 Å². The molecule has 0 aliphatic heterocycles. The van der Waals surface area contributed by atoms with Crippen molar-refractivity contribution >= 4 is 24.2 Å². The number of esters is 1. The number of carbonyl (C=O) groups is 2. The largest absolute Gasteiger partial charge is 0.497 e. The van der Waals surface area contributed by atoms with Crippen LogP contribution in [0.3, 0.4) is 0 Å². The van der Waals surface area contributed by atoms with Crippen LogP contribution in [-0.4, -0.2) is 61.0 Å². The molecule has 1 aromatic heterocycles. The predicted octanol–water partition coefficient (Wildman–Crippen LogP) is 7.28. The van der Waals surface area contributed by atoms with Crippen molar-refractivity contribution in [2.45, 2.75) is 0 Å². The van der Waals surface area contributed by atoms with E-state index in [9.17, 15) is 24.8 Å². The number of hydrogen-bond acceptors (Lipinski definition) is 8. The van der Waals surface area contributed by atoms with Crippen molar-refractivity contribution in [3.63, 3.8) is 0 Å². The summed E-state index contributed by atoms with van der Waals surface area (Å²) >= 11 is 0. The number of benzene rings is 4. The first-order valence-corrected chi connectivity index (χ1v) is 14.5. The number of nitro groups is 1. The van der Waals surface area contributed by atoms with Crippen molar-refractivity contribution in [2.24, 2.45) is 4.99 Å². The summed E-state index contributed by atoms with van der Waals surface area (Å²) in [4.78, 5) is 38.6. The van der Waals surface area contributed by atoms with E-state index in [1.807, 2.05) is 91.0 Å². The Morgan fingerprint density at radius 2 is 1.35 bits per heavy atom. The number of aromatic nitrogens is 1. The highest BCUT2D eigenvalue weighted by atomic mass is 16.6. The molecule has 0 radical (unpaired) electrons. The fourth-order valence-electron chi connectivity index (χ4n) is 4.09. The molecule has 0 amide bonds. The number of aliphatic imine (C=N–C) groups is 1. The minimum absolute atomic E-state index is 0.0748. The molecule has 0 saturated heterocycles. The van der Waals surface area contributed by atoms with Crippen LogP contribution in [0.15, 0.2) is 126 Å². The maximum atomic E-state index is 11.5. The molecule has 5 aromatic rings. The van der Waals surface area contributed by atoms with Gasteiger partial charge in [-0.1, -0.05) is 84.9 Å². The normalized spacial score (nSPS) is 10.3. The first-order chi connectivity index (χ1) is 23.2. The van der Waals surface area contributed by atoms with Crippen LogP contribution in [0, 0.1) is 10.1 Å². The van der Waals surface area contributed by atoms with Gasteiger partial charge < -0.3 is 24.3 Å². The van der Waals surface area contributed by atoms with E-state index in [2.05, 4.69) is 14.7 Å². The molecule has 246 valence electrons. The lowest BCUT2D eigenvalue weighted by Gasteiger charge is -2.02. The molecule has 0 saturated carbocycles. The van der Waals surface area contributed by atoms with Crippen molar-refractivity contribution < 1.29 is 33.8 Å². The van der Waals surface area contributed by atoms with Crippen LogP contribution in [0.25, 0.3) is 28.5 Å². The van der Waals surface area contributed by atoms with Gasteiger partial charge in [-0.3, -0.25) is 19.9 Å². The van der Waals surface area contributed by atoms with E-state index in [0.29, 0.717) is 5.56 Å². The number of nitrogens with one attached hydrogen (secondary N) is 1. The summed E-state index contributed by atoms with van der Waals surface area (Å²) in [5, 5.41) is 19.4. The van der Waals surface area contributed by atoms with Crippen LogP contribution >= 0.6 is 0 Å². The van der Waals surface area contributed by atoms with Crippen molar-refractivity contribution in [2.75, 3.05) is 27.9 Å². The van der Waals surface area contributed by atoms with Gasteiger partial charge in [-0.2, -0.15) is 0 Å². The third-order valence-corrected chi connectivity index (χ3v) is 6.51. The smallest absolute Gasteiger partial charge is 0.352 e. The molecule has 11 heteroatoms. The van der Waals surface area contributed by atoms with Gasteiger partial charge in [0.05, 0.1) is 26.3 Å². The Labute approximate surface area is 277 Å². The highest BCUT2D eigenvalue weighted by Crippen LogP contribution is 2.31. The molecule has 0 spiro atoms. The van der Waals surface area contributed by atoms with Crippen molar-refractivity contribution in [3.8, 4) is 33.9 Å². The maximum Gasteiger partial charge on any atom is 0.352 e. The quantitative estimate of drug-likeness (QED) is 0.0693. The SMILES string of the molecule is COC(=O)CN=Cc1ccccc1.COc1ccc(-c2cc(-c3ccccc3)[nH]c2C(=O)O)cc1.COc1ccc(/C=C/[N+](=O)[O-])cc1. The number of aromatic carboxylic acids is 1. The van der Waals surface area contributed by atoms with E-state index >= 15 is 0 Å². The minimum atomic E-state index is -0.979. The lowest BCUT2D eigenvalue weighted by molar-refractivity contribution is -0.400. The number of hydrogen-bond donors (Lipinski definition) is 2. The Bertz CT molecular complexity index is 1800. The highest BCUT2D eigenvalue weighted by Gasteiger charge is 2.16. The number of nitrogens with zero attached hydrogens (tertiary/aromatic N) is 2. The number of carboxylic acid groups (broad SMARTS) is 1. The van der Waals surface area contributed by atoms with E-state index in [4.69, 9.17) is 9.47 Å². The number of H-pyrrole nitrogens is 1. The average molecular weight is 650 g/mol. The molecule has 0 bridgehead atoms. The van der Waals surface area contributed by atoms with Gasteiger partial charge in [0, 0.05) is 23.5 Å². The zero-order valence-electron chi connectivity index (χ0n) is 26.6. The third-order valence-electron chi connectivity index (χ3n) is 6.51. The number of methoxy groups -OCH3 is 3. The number of ether oxygens (including phenoxy) is 3. The van der Waals surface area contributed by atoms with Crippen molar-refractivity contribution in [1.29, 1.82) is 0 Å². The fourth-order valence-corrected chi connectivity index (χ4v) is 4.09. The van der Waals surface area contributed by atoms with E-state index < -0.39 is 10.9 Å². The summed E-state index contributed by atoms with van der Waals surface area (Å²) in [5.74, 6) is 0.165. The first-order valence-electron chi connectivity index (χ1n) is 14.5. The molecule has 0 unspecified atom stereocenters. The number of carboxylic acids is 1. The Kier molecular flexibility index (Phi) is 14.3. The summed E-state index contributed by atoms with van der Waals surface area (Å²) in [6.45, 7) is 0.0748. The molecule has 0 fully saturated rings. The van der Waals surface area contributed by atoms with Crippen LogP contribution in [0.5, 0.6) is 11.5 Å². The van der Waals surface area contributed by atoms with Gasteiger partial charge in [0.25, 0.3) is 0 Å². The first kappa shape index (κ1) is 36.0. The van der Waals surface area contributed by atoms with Crippen LogP contribution in [-0.2, 0) is 9.53 Å². The van der Waals surface area contributed by atoms with Crippen molar-refractivity contribution in [1.82, 2.24) is 4.98 Å². The van der Waals surface area contributed by atoms with E-state index in [-0.39, 0.29) is 18.2 Å². The van der Waals surface area contributed by atoms with Gasteiger partial charge in [-0.05, 0) is 52.6 Å². The predicted molar refractivity (Wildman–Crippen MR) is 185 cm³/mol. The van der Waals surface area contributed by atoms with Gasteiger partial charge in [-0.15, -0.1) is 0 Å². The van der Waals surface area contributed by atoms with Crippen LogP contribution in [0.4, 0.5) is 0 Å². The standard InChI is InChI=1S/C18H15NO3.C10H11NO2.C9H9NO3/c1-22-14-9-7-12(8-10-14)15-11-16(19-17(15)18(20)21)13-5-3-2-4-6-13;1-13-10(12)8-11-7-9-5-3-2-4-6-9;1-13-9-4-2-8(3-5-9)6-7-10(11)12/h2-11,19H,1H3,(H,20,21);2-7H,8H2,1H3;2-7H,1H3/b;;7-6+. The molecule has 0 atom stereocenters. The van der Waals surface area contributed by atoms with Crippen LogP contribution in [0.2, 0.25) is 0 Å².